The zero-order valence-electron chi connectivity index (χ0n) is 10.8. The number of rotatable bonds is 3. The summed E-state index contributed by atoms with van der Waals surface area (Å²) in [5, 5.41) is 9.08. The van der Waals surface area contributed by atoms with Crippen LogP contribution in [0.4, 0.5) is 4.39 Å². The lowest BCUT2D eigenvalue weighted by atomic mass is 10.1. The molecule has 1 aromatic carbocycles. The van der Waals surface area contributed by atoms with Gasteiger partial charge in [0.25, 0.3) is 5.56 Å². The van der Waals surface area contributed by atoms with Crippen molar-refractivity contribution in [2.24, 2.45) is 0 Å². The molecule has 0 amide bonds. The van der Waals surface area contributed by atoms with Gasteiger partial charge in [-0.25, -0.2) is 9.18 Å². The lowest BCUT2D eigenvalue weighted by Crippen LogP contribution is -2.25. The molecular formula is C15H12FNO3. The second-order valence-corrected chi connectivity index (χ2v) is 4.38. The van der Waals surface area contributed by atoms with E-state index in [1.54, 1.807) is 6.92 Å². The van der Waals surface area contributed by atoms with E-state index in [0.29, 0.717) is 16.8 Å². The number of carbonyl (C=O) groups is 1. The average Bonchev–Trinajstić information content (AvgIpc) is 2.39. The second-order valence-electron chi connectivity index (χ2n) is 4.38. The Morgan fingerprint density at radius 1 is 1.30 bits per heavy atom. The average molecular weight is 273 g/mol. The molecule has 0 bridgehead atoms. The summed E-state index contributed by atoms with van der Waals surface area (Å²) in [5.74, 6) is -1.75. The van der Waals surface area contributed by atoms with Crippen LogP contribution in [0.25, 0.3) is 11.3 Å². The van der Waals surface area contributed by atoms with Crippen LogP contribution in [0.1, 0.15) is 22.8 Å². The number of halogens is 1. The van der Waals surface area contributed by atoms with Crippen molar-refractivity contribution in [2.75, 3.05) is 0 Å². The van der Waals surface area contributed by atoms with Crippen molar-refractivity contribution in [1.82, 2.24) is 4.57 Å². The summed E-state index contributed by atoms with van der Waals surface area (Å²) in [6, 6.07) is 6.51. The molecule has 0 fully saturated rings. The quantitative estimate of drug-likeness (QED) is 0.935. The Bertz CT molecular complexity index is 745. The van der Waals surface area contributed by atoms with Gasteiger partial charge in [0.05, 0.1) is 0 Å². The Morgan fingerprint density at radius 2 is 1.90 bits per heavy atom. The number of hydrogen-bond donors (Lipinski definition) is 1. The SMILES string of the molecule is C=C(C)c1cc(C(=O)O)c(=O)n(-c2ccc(F)cc2)c1. The summed E-state index contributed by atoms with van der Waals surface area (Å²) in [5.41, 5.74) is 0.528. The normalized spacial score (nSPS) is 10.3. The van der Waals surface area contributed by atoms with Gasteiger partial charge < -0.3 is 5.11 Å². The number of carboxylic acid groups (broad SMARTS) is 1. The van der Waals surface area contributed by atoms with E-state index >= 15 is 0 Å². The van der Waals surface area contributed by atoms with E-state index in [-0.39, 0.29) is 5.56 Å². The van der Waals surface area contributed by atoms with Crippen LogP contribution in [-0.2, 0) is 0 Å². The molecule has 0 atom stereocenters. The molecule has 1 heterocycles. The standard InChI is InChI=1S/C15H12FNO3/c1-9(2)10-7-13(15(19)20)14(18)17(8-10)12-5-3-11(16)4-6-12/h3-8H,1H2,2H3,(H,19,20). The molecule has 0 aliphatic rings. The summed E-state index contributed by atoms with van der Waals surface area (Å²) in [6.07, 6.45) is 1.49. The van der Waals surface area contributed by atoms with Crippen molar-refractivity contribution < 1.29 is 14.3 Å². The lowest BCUT2D eigenvalue weighted by molar-refractivity contribution is 0.0694. The molecule has 2 aromatic rings. The van der Waals surface area contributed by atoms with Crippen LogP contribution in [0.15, 0.2) is 47.9 Å². The predicted molar refractivity (Wildman–Crippen MR) is 73.7 cm³/mol. The minimum Gasteiger partial charge on any atom is -0.477 e. The van der Waals surface area contributed by atoms with E-state index in [1.807, 2.05) is 0 Å². The number of aromatic carboxylic acids is 1. The van der Waals surface area contributed by atoms with E-state index in [9.17, 15) is 14.0 Å². The first kappa shape index (κ1) is 13.7. The molecule has 2 rings (SSSR count). The van der Waals surface area contributed by atoms with Gasteiger partial charge in [0.1, 0.15) is 11.4 Å². The van der Waals surface area contributed by atoms with Gasteiger partial charge in [-0.05, 0) is 48.4 Å². The van der Waals surface area contributed by atoms with Gasteiger partial charge in [-0.3, -0.25) is 9.36 Å². The maximum absolute atomic E-state index is 12.9. The first-order valence-electron chi connectivity index (χ1n) is 5.82. The maximum Gasteiger partial charge on any atom is 0.341 e. The van der Waals surface area contributed by atoms with Crippen molar-refractivity contribution in [3.8, 4) is 5.69 Å². The van der Waals surface area contributed by atoms with Gasteiger partial charge in [0, 0.05) is 11.9 Å². The Hall–Kier alpha value is -2.69. The molecule has 20 heavy (non-hydrogen) atoms. The first-order valence-corrected chi connectivity index (χ1v) is 5.82. The molecule has 0 radical (unpaired) electrons. The van der Waals surface area contributed by atoms with Gasteiger partial charge in [-0.1, -0.05) is 6.58 Å². The molecule has 102 valence electrons. The van der Waals surface area contributed by atoms with Crippen LogP contribution in [0.3, 0.4) is 0 Å². The molecule has 0 unspecified atom stereocenters. The van der Waals surface area contributed by atoms with Crippen molar-refractivity contribution in [1.29, 1.82) is 0 Å². The Balaban J connectivity index is 2.74. The third kappa shape index (κ3) is 2.51. The molecule has 0 saturated heterocycles. The third-order valence-electron chi connectivity index (χ3n) is 2.85. The van der Waals surface area contributed by atoms with Crippen LogP contribution in [0, 0.1) is 5.82 Å². The predicted octanol–water partition coefficient (Wildman–Crippen LogP) is 2.71. The number of allylic oxidation sites excluding steroid dienone is 1. The number of nitrogens with zero attached hydrogens (tertiary/aromatic N) is 1. The molecule has 5 heteroatoms. The van der Waals surface area contributed by atoms with Gasteiger partial charge in [-0.15, -0.1) is 0 Å². The lowest BCUT2D eigenvalue weighted by Gasteiger charge is -2.10. The first-order chi connectivity index (χ1) is 9.40. The van der Waals surface area contributed by atoms with Gasteiger partial charge in [-0.2, -0.15) is 0 Å². The minimum atomic E-state index is -1.31. The highest BCUT2D eigenvalue weighted by Crippen LogP contribution is 2.14. The van der Waals surface area contributed by atoms with Crippen LogP contribution >= 0.6 is 0 Å². The highest BCUT2D eigenvalue weighted by Gasteiger charge is 2.14. The van der Waals surface area contributed by atoms with Gasteiger partial charge >= 0.3 is 5.97 Å². The summed E-state index contributed by atoms with van der Waals surface area (Å²) in [4.78, 5) is 23.3. The van der Waals surface area contributed by atoms with Crippen molar-refractivity contribution in [2.45, 2.75) is 6.92 Å². The Morgan fingerprint density at radius 3 is 2.40 bits per heavy atom. The topological polar surface area (TPSA) is 59.3 Å². The molecule has 0 spiro atoms. The largest absolute Gasteiger partial charge is 0.477 e. The molecule has 4 nitrogen and oxygen atoms in total. The highest BCUT2D eigenvalue weighted by atomic mass is 19.1. The zero-order chi connectivity index (χ0) is 14.9. The van der Waals surface area contributed by atoms with Crippen LogP contribution in [-0.4, -0.2) is 15.6 Å². The van der Waals surface area contributed by atoms with Crippen LogP contribution in [0.5, 0.6) is 0 Å². The Labute approximate surface area is 114 Å². The summed E-state index contributed by atoms with van der Waals surface area (Å²) in [7, 11) is 0. The fourth-order valence-electron chi connectivity index (χ4n) is 1.76. The van der Waals surface area contributed by atoms with E-state index in [0.717, 1.165) is 0 Å². The van der Waals surface area contributed by atoms with E-state index in [1.165, 1.54) is 41.1 Å². The molecule has 1 aromatic heterocycles. The molecule has 0 aliphatic carbocycles. The van der Waals surface area contributed by atoms with E-state index in [2.05, 4.69) is 6.58 Å². The fraction of sp³-hybridized carbons (Fsp3) is 0.0667. The van der Waals surface area contributed by atoms with Gasteiger partial charge in [0.2, 0.25) is 0 Å². The number of benzene rings is 1. The number of hydrogen-bond acceptors (Lipinski definition) is 2. The minimum absolute atomic E-state index is 0.352. The van der Waals surface area contributed by atoms with Crippen LogP contribution in [0.2, 0.25) is 0 Å². The van der Waals surface area contributed by atoms with Crippen LogP contribution < -0.4 is 5.56 Å². The maximum atomic E-state index is 12.9. The van der Waals surface area contributed by atoms with Gasteiger partial charge in [0.15, 0.2) is 0 Å². The van der Waals surface area contributed by atoms with E-state index < -0.39 is 17.3 Å². The molecule has 0 saturated carbocycles. The van der Waals surface area contributed by atoms with Crippen molar-refractivity contribution >= 4 is 11.5 Å². The van der Waals surface area contributed by atoms with Crippen molar-refractivity contribution in [3.63, 3.8) is 0 Å². The highest BCUT2D eigenvalue weighted by molar-refractivity contribution is 5.88. The second kappa shape index (κ2) is 5.13. The summed E-state index contributed by atoms with van der Waals surface area (Å²) < 4.78 is 14.1. The zero-order valence-corrected chi connectivity index (χ0v) is 10.8. The monoisotopic (exact) mass is 273 g/mol. The van der Waals surface area contributed by atoms with E-state index in [4.69, 9.17) is 5.11 Å². The number of aromatic nitrogens is 1. The smallest absolute Gasteiger partial charge is 0.341 e. The number of carboxylic acids is 1. The molecular weight excluding hydrogens is 261 g/mol. The fourth-order valence-corrected chi connectivity index (χ4v) is 1.76. The molecule has 0 aliphatic heterocycles. The number of pyridine rings is 1. The summed E-state index contributed by atoms with van der Waals surface area (Å²) >= 11 is 0. The third-order valence-corrected chi connectivity index (χ3v) is 2.85. The Kier molecular flexibility index (Phi) is 3.52. The summed E-state index contributed by atoms with van der Waals surface area (Å²) in [6.45, 7) is 5.44. The molecule has 1 N–H and O–H groups in total. The van der Waals surface area contributed by atoms with Crippen molar-refractivity contribution in [3.05, 3.63) is 70.4 Å².